The van der Waals surface area contributed by atoms with Crippen LogP contribution in [-0.2, 0) is 7.05 Å². The molecule has 0 saturated carbocycles. The molecule has 24 heavy (non-hydrogen) atoms. The first-order valence-electron chi connectivity index (χ1n) is 7.22. The van der Waals surface area contributed by atoms with Crippen LogP contribution in [0.4, 0.5) is 16.0 Å². The van der Waals surface area contributed by atoms with E-state index in [1.165, 1.54) is 23.9 Å². The fourth-order valence-electron chi connectivity index (χ4n) is 2.32. The van der Waals surface area contributed by atoms with Crippen molar-refractivity contribution in [2.75, 3.05) is 5.32 Å². The molecule has 0 aliphatic heterocycles. The van der Waals surface area contributed by atoms with Crippen molar-refractivity contribution in [1.29, 1.82) is 0 Å². The third-order valence-corrected chi connectivity index (χ3v) is 4.35. The average molecular weight is 340 g/mol. The number of nitrogens with one attached hydrogen (secondary N) is 2. The molecule has 0 aliphatic rings. The van der Waals surface area contributed by atoms with Gasteiger partial charge in [-0.15, -0.1) is 0 Å². The zero-order valence-corrected chi connectivity index (χ0v) is 13.5. The van der Waals surface area contributed by atoms with Gasteiger partial charge in [0.2, 0.25) is 0 Å². The fraction of sp³-hybridized carbons (Fsp3) is 0.0625. The van der Waals surface area contributed by atoms with Gasteiger partial charge in [-0.1, -0.05) is 0 Å². The van der Waals surface area contributed by atoms with E-state index in [0.29, 0.717) is 11.0 Å². The molecule has 8 heteroatoms. The Hall–Kier alpha value is -2.87. The maximum Gasteiger partial charge on any atom is 0.196 e. The minimum absolute atomic E-state index is 0.264. The van der Waals surface area contributed by atoms with Crippen LogP contribution in [0.1, 0.15) is 0 Å². The maximum atomic E-state index is 13.1. The quantitative estimate of drug-likeness (QED) is 0.554. The Morgan fingerprint density at radius 3 is 2.71 bits per heavy atom. The summed E-state index contributed by atoms with van der Waals surface area (Å²) >= 11 is 1.38. The van der Waals surface area contributed by atoms with Crippen LogP contribution in [0.3, 0.4) is 0 Å². The molecular formula is C16H13FN6S. The number of fused-ring (bicyclic) bond motifs is 1. The molecule has 4 aromatic rings. The number of H-pyrrole nitrogens is 1. The number of aryl methyl sites for hydroxylation is 1. The topological polar surface area (TPSA) is 71.4 Å². The van der Waals surface area contributed by atoms with Crippen LogP contribution in [-0.4, -0.2) is 24.7 Å². The van der Waals surface area contributed by atoms with Crippen molar-refractivity contribution in [3.05, 3.63) is 54.6 Å². The molecule has 0 saturated heterocycles. The molecule has 0 spiro atoms. The number of hydrogen-bond donors (Lipinski definition) is 2. The molecule has 6 nitrogen and oxygen atoms in total. The van der Waals surface area contributed by atoms with Crippen molar-refractivity contribution in [3.63, 3.8) is 0 Å². The Kier molecular flexibility index (Phi) is 3.66. The van der Waals surface area contributed by atoms with Gasteiger partial charge >= 0.3 is 0 Å². The van der Waals surface area contributed by atoms with E-state index in [2.05, 4.69) is 25.5 Å². The largest absolute Gasteiger partial charge is 0.335 e. The van der Waals surface area contributed by atoms with Gasteiger partial charge in [0.05, 0.1) is 11.6 Å². The first kappa shape index (κ1) is 14.7. The van der Waals surface area contributed by atoms with Gasteiger partial charge < -0.3 is 9.88 Å². The summed E-state index contributed by atoms with van der Waals surface area (Å²) in [6, 6.07) is 10.0. The summed E-state index contributed by atoms with van der Waals surface area (Å²) in [5.74, 6) is 1.17. The summed E-state index contributed by atoms with van der Waals surface area (Å²) in [4.78, 5) is 10.1. The number of benzene rings is 1. The lowest BCUT2D eigenvalue weighted by atomic mass is 10.3. The number of rotatable bonds is 4. The standard InChI is InChI=1S/C16H13FN6S/c1-23-9-7-12-14(19-13-6-8-18-22-13)20-16(21-15(12)23)24-11-4-2-10(17)3-5-11/h2-9H,1H3,(H2,18,19,20,21,22). The smallest absolute Gasteiger partial charge is 0.196 e. The van der Waals surface area contributed by atoms with Gasteiger partial charge in [-0.3, -0.25) is 5.10 Å². The number of hydrogen-bond acceptors (Lipinski definition) is 5. The third kappa shape index (κ3) is 2.83. The normalized spacial score (nSPS) is 11.1. The molecule has 0 amide bonds. The maximum absolute atomic E-state index is 13.1. The number of anilines is 2. The van der Waals surface area contributed by atoms with E-state index in [9.17, 15) is 4.39 Å². The Morgan fingerprint density at radius 2 is 1.96 bits per heavy atom. The SMILES string of the molecule is Cn1ccc2c(Nc3ccn[nH]3)nc(Sc3ccc(F)cc3)nc21. The van der Waals surface area contributed by atoms with E-state index in [1.807, 2.05) is 29.9 Å². The molecule has 0 unspecified atom stereocenters. The summed E-state index contributed by atoms with van der Waals surface area (Å²) in [7, 11) is 1.93. The van der Waals surface area contributed by atoms with E-state index in [-0.39, 0.29) is 5.82 Å². The zero-order valence-electron chi connectivity index (χ0n) is 12.7. The van der Waals surface area contributed by atoms with Crippen LogP contribution in [0.25, 0.3) is 11.0 Å². The zero-order chi connectivity index (χ0) is 16.5. The van der Waals surface area contributed by atoms with Gasteiger partial charge in [-0.05, 0) is 42.1 Å². The van der Waals surface area contributed by atoms with Gasteiger partial charge in [0, 0.05) is 24.2 Å². The van der Waals surface area contributed by atoms with Crippen LogP contribution < -0.4 is 5.32 Å². The molecule has 0 aliphatic carbocycles. The van der Waals surface area contributed by atoms with Gasteiger partial charge in [0.15, 0.2) is 5.16 Å². The summed E-state index contributed by atoms with van der Waals surface area (Å²) in [6.07, 6.45) is 3.60. The second-order valence-corrected chi connectivity index (χ2v) is 6.21. The van der Waals surface area contributed by atoms with Crippen molar-refractivity contribution in [2.45, 2.75) is 10.1 Å². The lowest BCUT2D eigenvalue weighted by Gasteiger charge is -2.08. The van der Waals surface area contributed by atoms with Crippen LogP contribution in [0.15, 0.2) is 58.8 Å². The lowest BCUT2D eigenvalue weighted by molar-refractivity contribution is 0.626. The molecule has 3 heterocycles. The van der Waals surface area contributed by atoms with Crippen LogP contribution in [0.2, 0.25) is 0 Å². The van der Waals surface area contributed by atoms with E-state index < -0.39 is 0 Å². The number of nitrogens with zero attached hydrogens (tertiary/aromatic N) is 4. The van der Waals surface area contributed by atoms with Gasteiger partial charge in [-0.25, -0.2) is 14.4 Å². The predicted molar refractivity (Wildman–Crippen MR) is 90.9 cm³/mol. The van der Waals surface area contributed by atoms with Gasteiger partial charge in [-0.2, -0.15) is 5.10 Å². The molecule has 0 atom stereocenters. The van der Waals surface area contributed by atoms with E-state index in [0.717, 1.165) is 21.7 Å². The second kappa shape index (κ2) is 5.97. The molecule has 0 bridgehead atoms. The average Bonchev–Trinajstić information content (AvgIpc) is 3.21. The highest BCUT2D eigenvalue weighted by molar-refractivity contribution is 7.99. The Morgan fingerprint density at radius 1 is 1.12 bits per heavy atom. The lowest BCUT2D eigenvalue weighted by Crippen LogP contribution is -1.99. The summed E-state index contributed by atoms with van der Waals surface area (Å²) in [5.41, 5.74) is 0.816. The third-order valence-electron chi connectivity index (χ3n) is 3.48. The predicted octanol–water partition coefficient (Wildman–Crippen LogP) is 3.73. The van der Waals surface area contributed by atoms with Crippen molar-refractivity contribution in [2.24, 2.45) is 7.05 Å². The summed E-state index contributed by atoms with van der Waals surface area (Å²) in [6.45, 7) is 0. The first-order valence-corrected chi connectivity index (χ1v) is 8.03. The molecular weight excluding hydrogens is 327 g/mol. The molecule has 0 radical (unpaired) electrons. The van der Waals surface area contributed by atoms with E-state index in [1.54, 1.807) is 18.3 Å². The highest BCUT2D eigenvalue weighted by Crippen LogP contribution is 2.30. The highest BCUT2D eigenvalue weighted by Gasteiger charge is 2.12. The summed E-state index contributed by atoms with van der Waals surface area (Å²) < 4.78 is 15.0. The second-order valence-electron chi connectivity index (χ2n) is 5.17. The Balaban J connectivity index is 1.75. The first-order chi connectivity index (χ1) is 11.7. The molecule has 120 valence electrons. The molecule has 1 aromatic carbocycles. The number of halogens is 1. The van der Waals surface area contributed by atoms with Crippen molar-refractivity contribution in [3.8, 4) is 0 Å². The molecule has 4 rings (SSSR count). The van der Waals surface area contributed by atoms with E-state index >= 15 is 0 Å². The number of aromatic amines is 1. The van der Waals surface area contributed by atoms with Crippen LogP contribution in [0, 0.1) is 5.82 Å². The Bertz CT molecular complexity index is 978. The minimum Gasteiger partial charge on any atom is -0.335 e. The highest BCUT2D eigenvalue weighted by atomic mass is 32.2. The van der Waals surface area contributed by atoms with Crippen LogP contribution >= 0.6 is 11.8 Å². The number of aromatic nitrogens is 5. The van der Waals surface area contributed by atoms with Crippen LogP contribution in [0.5, 0.6) is 0 Å². The summed E-state index contributed by atoms with van der Waals surface area (Å²) in [5, 5.41) is 11.5. The minimum atomic E-state index is -0.264. The van der Waals surface area contributed by atoms with Gasteiger partial charge in [0.1, 0.15) is 23.1 Å². The van der Waals surface area contributed by atoms with Crippen molar-refractivity contribution in [1.82, 2.24) is 24.7 Å². The molecule has 3 aromatic heterocycles. The monoisotopic (exact) mass is 340 g/mol. The van der Waals surface area contributed by atoms with E-state index in [4.69, 9.17) is 0 Å². The van der Waals surface area contributed by atoms with Crippen molar-refractivity contribution < 1.29 is 4.39 Å². The van der Waals surface area contributed by atoms with Gasteiger partial charge in [0.25, 0.3) is 0 Å². The Labute approximate surface area is 141 Å². The molecule has 2 N–H and O–H groups in total. The molecule has 0 fully saturated rings. The fourth-order valence-corrected chi connectivity index (χ4v) is 3.07. The van der Waals surface area contributed by atoms with Crippen molar-refractivity contribution >= 4 is 34.4 Å².